The minimum absolute atomic E-state index is 0.215. The fourth-order valence-corrected chi connectivity index (χ4v) is 1.97. The average molecular weight is 269 g/mol. The molecule has 0 bridgehead atoms. The first kappa shape index (κ1) is 16.1. The standard InChI is InChI=1S/C10H20FNO4S/c1-7(2)8(6-17(11,14)15)12-9(13)16-10(3,4)5/h7-8H,6H2,1-5H3,(H,12,13). The second-order valence-electron chi connectivity index (χ2n) is 5.20. The number of carbonyl (C=O) groups excluding carboxylic acids is 1. The van der Waals surface area contributed by atoms with Crippen LogP contribution in [0.1, 0.15) is 34.6 Å². The molecule has 0 rings (SSSR count). The van der Waals surface area contributed by atoms with Crippen molar-refractivity contribution < 1.29 is 21.8 Å². The predicted octanol–water partition coefficient (Wildman–Crippen LogP) is 1.83. The molecular weight excluding hydrogens is 249 g/mol. The maximum atomic E-state index is 12.6. The van der Waals surface area contributed by atoms with Gasteiger partial charge in [-0.15, -0.1) is 3.89 Å². The highest BCUT2D eigenvalue weighted by molar-refractivity contribution is 7.86. The molecule has 0 spiro atoms. The summed E-state index contributed by atoms with van der Waals surface area (Å²) in [5.74, 6) is -0.961. The van der Waals surface area contributed by atoms with Crippen LogP contribution in [0.15, 0.2) is 0 Å². The van der Waals surface area contributed by atoms with Gasteiger partial charge in [-0.1, -0.05) is 13.8 Å². The number of hydrogen-bond acceptors (Lipinski definition) is 4. The van der Waals surface area contributed by atoms with Crippen molar-refractivity contribution in [3.8, 4) is 0 Å². The van der Waals surface area contributed by atoms with Crippen LogP contribution < -0.4 is 5.32 Å². The minimum Gasteiger partial charge on any atom is -0.444 e. The maximum Gasteiger partial charge on any atom is 0.407 e. The lowest BCUT2D eigenvalue weighted by molar-refractivity contribution is 0.0497. The zero-order valence-electron chi connectivity index (χ0n) is 10.8. The van der Waals surface area contributed by atoms with E-state index in [1.165, 1.54) is 0 Å². The first-order valence-corrected chi connectivity index (χ1v) is 6.88. The Bertz CT molecular complexity index is 359. The van der Waals surface area contributed by atoms with Gasteiger partial charge in [0.25, 0.3) is 0 Å². The van der Waals surface area contributed by atoms with E-state index < -0.39 is 33.7 Å². The van der Waals surface area contributed by atoms with Crippen LogP contribution in [0.4, 0.5) is 8.68 Å². The van der Waals surface area contributed by atoms with E-state index in [9.17, 15) is 17.1 Å². The van der Waals surface area contributed by atoms with E-state index in [4.69, 9.17) is 4.74 Å². The molecule has 1 atom stereocenters. The number of hydrogen-bond donors (Lipinski definition) is 1. The second kappa shape index (κ2) is 5.66. The largest absolute Gasteiger partial charge is 0.444 e. The van der Waals surface area contributed by atoms with Crippen LogP contribution in [0.5, 0.6) is 0 Å². The van der Waals surface area contributed by atoms with Crippen LogP contribution in [0.2, 0.25) is 0 Å². The molecule has 0 aliphatic rings. The summed E-state index contributed by atoms with van der Waals surface area (Å²) < 4.78 is 38.6. The number of amides is 1. The van der Waals surface area contributed by atoms with Crippen LogP contribution in [-0.4, -0.2) is 31.9 Å². The van der Waals surface area contributed by atoms with E-state index in [1.54, 1.807) is 34.6 Å². The molecule has 102 valence electrons. The lowest BCUT2D eigenvalue weighted by atomic mass is 10.1. The topological polar surface area (TPSA) is 72.5 Å². The number of ether oxygens (including phenoxy) is 1. The van der Waals surface area contributed by atoms with Crippen LogP contribution in [0, 0.1) is 5.92 Å². The van der Waals surface area contributed by atoms with Crippen molar-refractivity contribution in [2.75, 3.05) is 5.75 Å². The molecule has 0 saturated heterocycles. The summed E-state index contributed by atoms with van der Waals surface area (Å²) in [7, 11) is -4.63. The van der Waals surface area contributed by atoms with Crippen molar-refractivity contribution in [2.24, 2.45) is 5.92 Å². The van der Waals surface area contributed by atoms with Gasteiger partial charge in [-0.05, 0) is 26.7 Å². The fourth-order valence-electron chi connectivity index (χ4n) is 1.07. The fraction of sp³-hybridized carbons (Fsp3) is 0.900. The van der Waals surface area contributed by atoms with Gasteiger partial charge in [0.15, 0.2) is 0 Å². The first-order chi connectivity index (χ1) is 7.41. The quantitative estimate of drug-likeness (QED) is 0.790. The minimum atomic E-state index is -4.63. The number of halogens is 1. The lowest BCUT2D eigenvalue weighted by Gasteiger charge is -2.24. The molecule has 0 heterocycles. The van der Waals surface area contributed by atoms with Crippen molar-refractivity contribution in [3.05, 3.63) is 0 Å². The van der Waals surface area contributed by atoms with E-state index in [0.717, 1.165) is 0 Å². The van der Waals surface area contributed by atoms with Gasteiger partial charge in [0.1, 0.15) is 11.4 Å². The van der Waals surface area contributed by atoms with Gasteiger partial charge in [-0.25, -0.2) is 4.79 Å². The van der Waals surface area contributed by atoms with Crippen molar-refractivity contribution in [1.82, 2.24) is 5.32 Å². The van der Waals surface area contributed by atoms with Gasteiger partial charge in [-0.2, -0.15) is 8.42 Å². The Kier molecular flexibility index (Phi) is 5.38. The average Bonchev–Trinajstić information content (AvgIpc) is 1.95. The lowest BCUT2D eigenvalue weighted by Crippen LogP contribution is -2.44. The smallest absolute Gasteiger partial charge is 0.407 e. The highest BCUT2D eigenvalue weighted by atomic mass is 32.3. The van der Waals surface area contributed by atoms with Gasteiger partial charge in [0.2, 0.25) is 0 Å². The molecule has 0 saturated carbocycles. The molecule has 0 aromatic rings. The molecule has 1 unspecified atom stereocenters. The van der Waals surface area contributed by atoms with Crippen molar-refractivity contribution in [1.29, 1.82) is 0 Å². The molecule has 0 aliphatic heterocycles. The number of alkyl carbamates (subject to hydrolysis) is 1. The molecule has 0 aromatic carbocycles. The van der Waals surface area contributed by atoms with Gasteiger partial charge in [0.05, 0.1) is 6.04 Å². The molecular formula is C10H20FNO4S. The Balaban J connectivity index is 4.52. The molecule has 5 nitrogen and oxygen atoms in total. The van der Waals surface area contributed by atoms with Crippen molar-refractivity contribution in [2.45, 2.75) is 46.3 Å². The van der Waals surface area contributed by atoms with Gasteiger partial charge < -0.3 is 10.1 Å². The monoisotopic (exact) mass is 269 g/mol. The van der Waals surface area contributed by atoms with E-state index in [2.05, 4.69) is 5.32 Å². The number of nitrogens with one attached hydrogen (secondary N) is 1. The van der Waals surface area contributed by atoms with Crippen LogP contribution in [0.3, 0.4) is 0 Å². The SMILES string of the molecule is CC(C)C(CS(=O)(=O)F)NC(=O)OC(C)(C)C. The Labute approximate surface area is 102 Å². The third-order valence-electron chi connectivity index (χ3n) is 1.89. The Morgan fingerprint density at radius 1 is 1.35 bits per heavy atom. The van der Waals surface area contributed by atoms with Gasteiger partial charge in [0, 0.05) is 0 Å². The van der Waals surface area contributed by atoms with E-state index >= 15 is 0 Å². The molecule has 0 aromatic heterocycles. The molecule has 7 heteroatoms. The maximum absolute atomic E-state index is 12.6. The Hall–Kier alpha value is -0.850. The summed E-state index contributed by atoms with van der Waals surface area (Å²) in [6.45, 7) is 8.43. The van der Waals surface area contributed by atoms with Gasteiger partial charge in [-0.3, -0.25) is 0 Å². The summed E-state index contributed by atoms with van der Waals surface area (Å²) in [4.78, 5) is 11.4. The summed E-state index contributed by atoms with van der Waals surface area (Å²) >= 11 is 0. The molecule has 0 aliphatic carbocycles. The summed E-state index contributed by atoms with van der Waals surface area (Å²) in [6.07, 6.45) is -0.750. The Morgan fingerprint density at radius 2 is 1.82 bits per heavy atom. The molecule has 1 amide bonds. The third kappa shape index (κ3) is 8.91. The van der Waals surface area contributed by atoms with Crippen LogP contribution in [0.25, 0.3) is 0 Å². The summed E-state index contributed by atoms with van der Waals surface area (Å²) in [6, 6.07) is -0.806. The molecule has 0 radical (unpaired) electrons. The van der Waals surface area contributed by atoms with E-state index in [-0.39, 0.29) is 5.92 Å². The highest BCUT2D eigenvalue weighted by Gasteiger charge is 2.25. The van der Waals surface area contributed by atoms with E-state index in [1.807, 2.05) is 0 Å². The normalized spacial score (nSPS) is 14.5. The van der Waals surface area contributed by atoms with Crippen molar-refractivity contribution in [3.63, 3.8) is 0 Å². The van der Waals surface area contributed by atoms with Crippen molar-refractivity contribution >= 4 is 16.3 Å². The molecule has 0 fully saturated rings. The Morgan fingerprint density at radius 3 is 2.12 bits per heavy atom. The first-order valence-electron chi connectivity index (χ1n) is 5.32. The zero-order chi connectivity index (χ0) is 13.9. The molecule has 1 N–H and O–H groups in total. The van der Waals surface area contributed by atoms with Crippen LogP contribution >= 0.6 is 0 Å². The number of carbonyl (C=O) groups is 1. The summed E-state index contributed by atoms with van der Waals surface area (Å²) in [5, 5.41) is 2.35. The predicted molar refractivity (Wildman–Crippen MR) is 62.9 cm³/mol. The zero-order valence-corrected chi connectivity index (χ0v) is 11.6. The van der Waals surface area contributed by atoms with E-state index in [0.29, 0.717) is 0 Å². The number of rotatable bonds is 4. The van der Waals surface area contributed by atoms with Gasteiger partial charge >= 0.3 is 16.3 Å². The highest BCUT2D eigenvalue weighted by Crippen LogP contribution is 2.10. The molecule has 17 heavy (non-hydrogen) atoms. The third-order valence-corrected chi connectivity index (χ3v) is 2.64. The summed E-state index contributed by atoms with van der Waals surface area (Å²) in [5.41, 5.74) is -0.680. The van der Waals surface area contributed by atoms with Crippen LogP contribution in [-0.2, 0) is 15.0 Å². The second-order valence-corrected chi connectivity index (χ2v) is 6.61.